The summed E-state index contributed by atoms with van der Waals surface area (Å²) in [6.45, 7) is 5.17. The largest absolute Gasteiger partial charge is 0.334 e. The third-order valence-corrected chi connectivity index (χ3v) is 10.0. The van der Waals surface area contributed by atoms with Crippen molar-refractivity contribution in [2.24, 2.45) is 0 Å². The van der Waals surface area contributed by atoms with Crippen LogP contribution in [0.5, 0.6) is 0 Å². The van der Waals surface area contributed by atoms with E-state index in [0.717, 1.165) is 67.2 Å². The quantitative estimate of drug-likeness (QED) is 0.367. The molecular formula is C35H42N4O2. The Morgan fingerprint density at radius 2 is 1.49 bits per heavy atom. The Labute approximate surface area is 243 Å². The molecule has 1 atom stereocenters. The molecule has 6 nitrogen and oxygen atoms in total. The molecule has 4 heterocycles. The van der Waals surface area contributed by atoms with Crippen molar-refractivity contribution in [1.29, 1.82) is 0 Å². The SMILES string of the molecule is O=C(c1ccc(C2CCCCC2)cc1)N1Cc2ccc(C(=O)N3CCC[C@H]3CN3CCCC3)n2Cc2ccccc21. The van der Waals surface area contributed by atoms with E-state index in [1.54, 1.807) is 0 Å². The number of fused-ring (bicyclic) bond motifs is 2. The molecule has 3 aliphatic heterocycles. The van der Waals surface area contributed by atoms with Crippen molar-refractivity contribution in [3.63, 3.8) is 0 Å². The number of hydrogen-bond donors (Lipinski definition) is 0. The average molecular weight is 551 g/mol. The zero-order valence-electron chi connectivity index (χ0n) is 24.1. The highest BCUT2D eigenvalue weighted by Crippen LogP contribution is 2.34. The number of likely N-dealkylation sites (tertiary alicyclic amines) is 2. The summed E-state index contributed by atoms with van der Waals surface area (Å²) in [6.07, 6.45) is 11.1. The highest BCUT2D eigenvalue weighted by atomic mass is 16.2. The Hall–Kier alpha value is -3.38. The molecule has 2 saturated heterocycles. The third kappa shape index (κ3) is 5.23. The van der Waals surface area contributed by atoms with Crippen molar-refractivity contribution in [3.8, 4) is 0 Å². The lowest BCUT2D eigenvalue weighted by Crippen LogP contribution is -2.43. The van der Waals surface area contributed by atoms with Crippen LogP contribution in [0.4, 0.5) is 5.69 Å². The fourth-order valence-corrected chi connectivity index (χ4v) is 7.72. The Morgan fingerprint density at radius 3 is 2.29 bits per heavy atom. The number of anilines is 1. The molecule has 7 rings (SSSR count). The first-order valence-corrected chi connectivity index (χ1v) is 15.9. The first kappa shape index (κ1) is 26.5. The molecule has 0 N–H and O–H groups in total. The summed E-state index contributed by atoms with van der Waals surface area (Å²) in [5, 5.41) is 0. The fourth-order valence-electron chi connectivity index (χ4n) is 7.72. The summed E-state index contributed by atoms with van der Waals surface area (Å²) >= 11 is 0. The molecule has 2 aromatic carbocycles. The van der Waals surface area contributed by atoms with E-state index in [1.165, 1.54) is 50.5 Å². The standard InChI is InChI=1S/C35H42N4O2/c40-34(28-16-14-27(15-17-28)26-9-2-1-3-10-26)39-25-31-18-19-33(38(31)23-29-11-4-5-13-32(29)39)35(41)37-22-8-12-30(37)24-36-20-6-7-21-36/h4-5,11,13-19,26,30H,1-3,6-10,12,20-25H2/t30-/m0/s1. The summed E-state index contributed by atoms with van der Waals surface area (Å²) in [6, 6.07) is 20.9. The summed E-state index contributed by atoms with van der Waals surface area (Å²) in [7, 11) is 0. The molecule has 6 heteroatoms. The maximum atomic E-state index is 14.0. The summed E-state index contributed by atoms with van der Waals surface area (Å²) in [5.41, 5.74) is 5.83. The van der Waals surface area contributed by atoms with E-state index < -0.39 is 0 Å². The number of amides is 2. The molecular weight excluding hydrogens is 508 g/mol. The van der Waals surface area contributed by atoms with Gasteiger partial charge in [0.1, 0.15) is 5.69 Å². The van der Waals surface area contributed by atoms with Gasteiger partial charge < -0.3 is 19.3 Å². The first-order valence-electron chi connectivity index (χ1n) is 15.9. The monoisotopic (exact) mass is 550 g/mol. The number of benzene rings is 2. The first-order chi connectivity index (χ1) is 20.2. The summed E-state index contributed by atoms with van der Waals surface area (Å²) in [5.74, 6) is 0.769. The van der Waals surface area contributed by atoms with Crippen molar-refractivity contribution in [2.75, 3.05) is 31.1 Å². The van der Waals surface area contributed by atoms with E-state index in [0.29, 0.717) is 25.0 Å². The van der Waals surface area contributed by atoms with Crippen molar-refractivity contribution in [2.45, 2.75) is 82.8 Å². The van der Waals surface area contributed by atoms with Gasteiger partial charge in [0.05, 0.1) is 13.1 Å². The number of aromatic nitrogens is 1. The van der Waals surface area contributed by atoms with Crippen molar-refractivity contribution in [3.05, 3.63) is 88.7 Å². The lowest BCUT2D eigenvalue weighted by atomic mass is 9.84. The number of carbonyl (C=O) groups is 2. The van der Waals surface area contributed by atoms with Gasteiger partial charge in [-0.05, 0) is 99.0 Å². The second-order valence-electron chi connectivity index (χ2n) is 12.6. The molecule has 4 aliphatic rings. The lowest BCUT2D eigenvalue weighted by Gasteiger charge is -2.29. The zero-order chi connectivity index (χ0) is 27.8. The molecule has 0 bridgehead atoms. The van der Waals surface area contributed by atoms with Gasteiger partial charge in [-0.3, -0.25) is 9.59 Å². The number of nitrogens with zero attached hydrogens (tertiary/aromatic N) is 4. The Bertz CT molecular complexity index is 1400. The molecule has 41 heavy (non-hydrogen) atoms. The van der Waals surface area contributed by atoms with E-state index in [4.69, 9.17) is 0 Å². The van der Waals surface area contributed by atoms with Crippen LogP contribution >= 0.6 is 0 Å². The van der Waals surface area contributed by atoms with Crippen LogP contribution in [0.2, 0.25) is 0 Å². The predicted molar refractivity (Wildman–Crippen MR) is 162 cm³/mol. The Morgan fingerprint density at radius 1 is 0.707 bits per heavy atom. The molecule has 0 radical (unpaired) electrons. The zero-order valence-corrected chi connectivity index (χ0v) is 24.1. The minimum atomic E-state index is 0.0143. The van der Waals surface area contributed by atoms with Crippen LogP contribution in [-0.4, -0.2) is 58.4 Å². The van der Waals surface area contributed by atoms with Crippen molar-refractivity contribution < 1.29 is 9.59 Å². The molecule has 1 aromatic heterocycles. The van der Waals surface area contributed by atoms with Crippen LogP contribution in [0.1, 0.15) is 101 Å². The van der Waals surface area contributed by atoms with Crippen LogP contribution in [0, 0.1) is 0 Å². The number of para-hydroxylation sites is 1. The number of hydrogen-bond acceptors (Lipinski definition) is 3. The van der Waals surface area contributed by atoms with Gasteiger partial charge in [0, 0.05) is 36.1 Å². The molecule has 214 valence electrons. The van der Waals surface area contributed by atoms with Gasteiger partial charge in [-0.2, -0.15) is 0 Å². The second kappa shape index (κ2) is 11.5. The van der Waals surface area contributed by atoms with Crippen LogP contribution in [-0.2, 0) is 13.1 Å². The van der Waals surface area contributed by atoms with Gasteiger partial charge >= 0.3 is 0 Å². The normalized spacial score (nSPS) is 21.5. The second-order valence-corrected chi connectivity index (χ2v) is 12.6. The molecule has 0 spiro atoms. The van der Waals surface area contributed by atoms with Crippen LogP contribution < -0.4 is 4.90 Å². The van der Waals surface area contributed by atoms with Gasteiger partial charge in [0.25, 0.3) is 11.8 Å². The van der Waals surface area contributed by atoms with Gasteiger partial charge in [-0.15, -0.1) is 0 Å². The van der Waals surface area contributed by atoms with Crippen LogP contribution in [0.3, 0.4) is 0 Å². The fraction of sp³-hybridized carbons (Fsp3) is 0.486. The maximum Gasteiger partial charge on any atom is 0.270 e. The summed E-state index contributed by atoms with van der Waals surface area (Å²) in [4.78, 5) is 34.6. The van der Waals surface area contributed by atoms with Crippen molar-refractivity contribution in [1.82, 2.24) is 14.4 Å². The lowest BCUT2D eigenvalue weighted by molar-refractivity contribution is 0.0698. The molecule has 1 aliphatic carbocycles. The Balaban J connectivity index is 1.15. The molecule has 3 fully saturated rings. The molecule has 2 amide bonds. The average Bonchev–Trinajstić information content (AvgIpc) is 3.77. The third-order valence-electron chi connectivity index (χ3n) is 10.0. The van der Waals surface area contributed by atoms with E-state index >= 15 is 0 Å². The van der Waals surface area contributed by atoms with Crippen molar-refractivity contribution >= 4 is 17.5 Å². The highest BCUT2D eigenvalue weighted by molar-refractivity contribution is 6.06. The topological polar surface area (TPSA) is 48.8 Å². The Kier molecular flexibility index (Phi) is 7.42. The van der Waals surface area contributed by atoms with Crippen LogP contribution in [0.25, 0.3) is 0 Å². The minimum absolute atomic E-state index is 0.0143. The van der Waals surface area contributed by atoms with Crippen LogP contribution in [0.15, 0.2) is 60.7 Å². The van der Waals surface area contributed by atoms with E-state index in [1.807, 2.05) is 41.3 Å². The smallest absolute Gasteiger partial charge is 0.270 e. The molecule has 3 aromatic rings. The van der Waals surface area contributed by atoms with E-state index in [-0.39, 0.29) is 11.8 Å². The van der Waals surface area contributed by atoms with E-state index in [9.17, 15) is 9.59 Å². The number of rotatable bonds is 5. The highest BCUT2D eigenvalue weighted by Gasteiger charge is 2.34. The summed E-state index contributed by atoms with van der Waals surface area (Å²) < 4.78 is 2.16. The molecule has 0 unspecified atom stereocenters. The maximum absolute atomic E-state index is 14.0. The number of carbonyl (C=O) groups excluding carboxylic acids is 2. The van der Waals surface area contributed by atoms with Gasteiger partial charge in [-0.1, -0.05) is 49.6 Å². The predicted octanol–water partition coefficient (Wildman–Crippen LogP) is 6.44. The van der Waals surface area contributed by atoms with Gasteiger partial charge in [-0.25, -0.2) is 0 Å². The minimum Gasteiger partial charge on any atom is -0.334 e. The van der Waals surface area contributed by atoms with Gasteiger partial charge in [0.15, 0.2) is 0 Å². The molecule has 1 saturated carbocycles. The van der Waals surface area contributed by atoms with Gasteiger partial charge in [0.2, 0.25) is 0 Å². The van der Waals surface area contributed by atoms with E-state index in [2.05, 4.69) is 38.6 Å².